The minimum Gasteiger partial charge on any atom is -0.489 e. The summed E-state index contributed by atoms with van der Waals surface area (Å²) in [6, 6.07) is 3.48. The molecule has 1 N–H and O–H groups in total. The summed E-state index contributed by atoms with van der Waals surface area (Å²) in [5.41, 5.74) is 1.06. The zero-order valence-corrected chi connectivity index (χ0v) is 9.18. The second-order valence-corrected chi connectivity index (χ2v) is 3.14. The van der Waals surface area contributed by atoms with Crippen LogP contribution in [0.3, 0.4) is 0 Å². The van der Waals surface area contributed by atoms with Crippen molar-refractivity contribution >= 4 is 6.29 Å². The molecule has 0 fully saturated rings. The van der Waals surface area contributed by atoms with Crippen LogP contribution in [0.5, 0.6) is 5.75 Å². The fourth-order valence-corrected chi connectivity index (χ4v) is 1.15. The standard InChI is InChI=1S/C11H15NO4/c1-9-2-3-11(10(8-14)12-9)16-7-6-15-5-4-13/h2-3,8,13H,4-7H2,1H3. The van der Waals surface area contributed by atoms with Gasteiger partial charge in [-0.1, -0.05) is 0 Å². The van der Waals surface area contributed by atoms with Crippen LogP contribution < -0.4 is 4.74 Å². The Morgan fingerprint density at radius 3 is 2.88 bits per heavy atom. The molecule has 88 valence electrons. The van der Waals surface area contributed by atoms with E-state index in [9.17, 15) is 4.79 Å². The number of pyridine rings is 1. The summed E-state index contributed by atoms with van der Waals surface area (Å²) < 4.78 is 10.3. The Balaban J connectivity index is 2.44. The molecular formula is C11H15NO4. The van der Waals surface area contributed by atoms with E-state index in [2.05, 4.69) is 4.98 Å². The SMILES string of the molecule is Cc1ccc(OCCOCCO)c(C=O)n1. The first-order valence-electron chi connectivity index (χ1n) is 5.02. The van der Waals surface area contributed by atoms with E-state index in [1.54, 1.807) is 19.1 Å². The Kier molecular flexibility index (Phi) is 5.45. The van der Waals surface area contributed by atoms with Gasteiger partial charge < -0.3 is 14.6 Å². The van der Waals surface area contributed by atoms with Crippen LogP contribution in [0.4, 0.5) is 0 Å². The van der Waals surface area contributed by atoms with Crippen molar-refractivity contribution in [2.24, 2.45) is 0 Å². The highest BCUT2D eigenvalue weighted by molar-refractivity contribution is 5.76. The van der Waals surface area contributed by atoms with Crippen LogP contribution in [0.15, 0.2) is 12.1 Å². The molecule has 0 amide bonds. The van der Waals surface area contributed by atoms with Crippen LogP contribution in [0.2, 0.25) is 0 Å². The predicted molar refractivity (Wildman–Crippen MR) is 57.8 cm³/mol. The summed E-state index contributed by atoms with van der Waals surface area (Å²) in [6.45, 7) is 2.78. The molecule has 0 bridgehead atoms. The van der Waals surface area contributed by atoms with Crippen molar-refractivity contribution in [1.82, 2.24) is 4.98 Å². The van der Waals surface area contributed by atoms with Crippen LogP contribution >= 0.6 is 0 Å². The van der Waals surface area contributed by atoms with E-state index < -0.39 is 0 Å². The minimum absolute atomic E-state index is 0.00826. The molecule has 0 unspecified atom stereocenters. The quantitative estimate of drug-likeness (QED) is 0.543. The molecular weight excluding hydrogens is 210 g/mol. The van der Waals surface area contributed by atoms with E-state index in [-0.39, 0.29) is 13.2 Å². The average Bonchev–Trinajstić information content (AvgIpc) is 2.30. The Morgan fingerprint density at radius 1 is 1.38 bits per heavy atom. The van der Waals surface area contributed by atoms with Gasteiger partial charge in [0, 0.05) is 5.69 Å². The van der Waals surface area contributed by atoms with E-state index >= 15 is 0 Å². The molecule has 0 atom stereocenters. The normalized spacial score (nSPS) is 10.1. The van der Waals surface area contributed by atoms with Crippen molar-refractivity contribution in [3.05, 3.63) is 23.5 Å². The monoisotopic (exact) mass is 225 g/mol. The summed E-state index contributed by atoms with van der Waals surface area (Å²) in [5.74, 6) is 0.452. The number of aryl methyl sites for hydroxylation is 1. The van der Waals surface area contributed by atoms with Gasteiger partial charge in [-0.25, -0.2) is 4.98 Å². The first kappa shape index (κ1) is 12.6. The molecule has 0 aliphatic carbocycles. The highest BCUT2D eigenvalue weighted by Gasteiger charge is 2.04. The summed E-state index contributed by atoms with van der Waals surface area (Å²) in [7, 11) is 0. The van der Waals surface area contributed by atoms with Gasteiger partial charge in [0.2, 0.25) is 0 Å². The van der Waals surface area contributed by atoms with Gasteiger partial charge in [0.25, 0.3) is 0 Å². The molecule has 0 radical (unpaired) electrons. The zero-order valence-electron chi connectivity index (χ0n) is 9.18. The Bertz CT molecular complexity index is 341. The van der Waals surface area contributed by atoms with Crippen LogP contribution in [0.1, 0.15) is 16.2 Å². The van der Waals surface area contributed by atoms with Gasteiger partial charge in [-0.15, -0.1) is 0 Å². The van der Waals surface area contributed by atoms with Gasteiger partial charge in [-0.3, -0.25) is 4.79 Å². The lowest BCUT2D eigenvalue weighted by Crippen LogP contribution is -2.10. The number of aromatic nitrogens is 1. The van der Waals surface area contributed by atoms with E-state index in [1.807, 2.05) is 0 Å². The average molecular weight is 225 g/mol. The molecule has 0 spiro atoms. The number of carbonyl (C=O) groups excluding carboxylic acids is 1. The number of carbonyl (C=O) groups is 1. The van der Waals surface area contributed by atoms with Crippen LogP contribution in [-0.4, -0.2) is 42.8 Å². The molecule has 0 aromatic carbocycles. The van der Waals surface area contributed by atoms with Crippen molar-refractivity contribution in [3.8, 4) is 5.75 Å². The Hall–Kier alpha value is -1.46. The molecule has 1 rings (SSSR count). The third-order valence-electron chi connectivity index (χ3n) is 1.86. The highest BCUT2D eigenvalue weighted by Crippen LogP contribution is 2.14. The molecule has 1 aromatic rings. The first-order chi connectivity index (χ1) is 7.77. The Morgan fingerprint density at radius 2 is 2.19 bits per heavy atom. The third-order valence-corrected chi connectivity index (χ3v) is 1.86. The first-order valence-corrected chi connectivity index (χ1v) is 5.02. The molecule has 16 heavy (non-hydrogen) atoms. The predicted octanol–water partition coefficient (Wildman–Crippen LogP) is 0.590. The smallest absolute Gasteiger partial charge is 0.172 e. The number of aliphatic hydroxyl groups excluding tert-OH is 1. The maximum atomic E-state index is 10.7. The van der Waals surface area contributed by atoms with Crippen LogP contribution in [-0.2, 0) is 4.74 Å². The second-order valence-electron chi connectivity index (χ2n) is 3.14. The molecule has 0 aliphatic rings. The highest BCUT2D eigenvalue weighted by atomic mass is 16.5. The van der Waals surface area contributed by atoms with Crippen molar-refractivity contribution in [2.45, 2.75) is 6.92 Å². The van der Waals surface area contributed by atoms with Gasteiger partial charge in [0.1, 0.15) is 18.1 Å². The number of nitrogens with zero attached hydrogens (tertiary/aromatic N) is 1. The zero-order chi connectivity index (χ0) is 11.8. The van der Waals surface area contributed by atoms with Crippen LogP contribution in [0, 0.1) is 6.92 Å². The van der Waals surface area contributed by atoms with Gasteiger partial charge in [0.15, 0.2) is 6.29 Å². The second kappa shape index (κ2) is 6.92. The van der Waals surface area contributed by atoms with Gasteiger partial charge in [-0.05, 0) is 19.1 Å². The number of aliphatic hydroxyl groups is 1. The lowest BCUT2D eigenvalue weighted by atomic mass is 10.3. The summed E-state index contributed by atoms with van der Waals surface area (Å²) >= 11 is 0. The van der Waals surface area contributed by atoms with E-state index in [0.29, 0.717) is 30.9 Å². The molecule has 1 aromatic heterocycles. The summed E-state index contributed by atoms with van der Waals surface area (Å²) in [5, 5.41) is 8.47. The van der Waals surface area contributed by atoms with Crippen molar-refractivity contribution in [3.63, 3.8) is 0 Å². The lowest BCUT2D eigenvalue weighted by Gasteiger charge is -2.08. The number of hydrogen-bond donors (Lipinski definition) is 1. The van der Waals surface area contributed by atoms with Crippen molar-refractivity contribution < 1.29 is 19.4 Å². The van der Waals surface area contributed by atoms with E-state index in [4.69, 9.17) is 14.6 Å². The van der Waals surface area contributed by atoms with Gasteiger partial charge in [-0.2, -0.15) is 0 Å². The number of aldehydes is 1. The largest absolute Gasteiger partial charge is 0.489 e. The third kappa shape index (κ3) is 3.96. The number of rotatable bonds is 7. The van der Waals surface area contributed by atoms with E-state index in [1.165, 1.54) is 0 Å². The maximum absolute atomic E-state index is 10.7. The van der Waals surface area contributed by atoms with Gasteiger partial charge >= 0.3 is 0 Å². The summed E-state index contributed by atoms with van der Waals surface area (Å²) in [4.78, 5) is 14.7. The topological polar surface area (TPSA) is 68.7 Å². The number of hydrogen-bond acceptors (Lipinski definition) is 5. The minimum atomic E-state index is -0.00826. The maximum Gasteiger partial charge on any atom is 0.172 e. The molecule has 0 aliphatic heterocycles. The summed E-state index contributed by atoms with van der Waals surface area (Å²) in [6.07, 6.45) is 0.664. The fraction of sp³-hybridized carbons (Fsp3) is 0.455. The molecule has 0 saturated heterocycles. The molecule has 5 nitrogen and oxygen atoms in total. The molecule has 1 heterocycles. The van der Waals surface area contributed by atoms with Crippen molar-refractivity contribution in [1.29, 1.82) is 0 Å². The van der Waals surface area contributed by atoms with Gasteiger partial charge in [0.05, 0.1) is 19.8 Å². The fourth-order valence-electron chi connectivity index (χ4n) is 1.15. The van der Waals surface area contributed by atoms with Crippen LogP contribution in [0.25, 0.3) is 0 Å². The van der Waals surface area contributed by atoms with Crippen molar-refractivity contribution in [2.75, 3.05) is 26.4 Å². The van der Waals surface area contributed by atoms with E-state index in [0.717, 1.165) is 5.69 Å². The number of ether oxygens (including phenoxy) is 2. The lowest BCUT2D eigenvalue weighted by molar-refractivity contribution is 0.0701. The molecule has 0 saturated carbocycles. The molecule has 5 heteroatoms. The Labute approximate surface area is 94.0 Å².